The van der Waals surface area contributed by atoms with Gasteiger partial charge in [0.05, 0.1) is 11.3 Å². The fraction of sp³-hybridized carbons (Fsp3) is 0.471. The molecule has 1 aliphatic carbocycles. The van der Waals surface area contributed by atoms with Gasteiger partial charge in [-0.2, -0.15) is 0 Å². The van der Waals surface area contributed by atoms with Gasteiger partial charge < -0.3 is 13.9 Å². The van der Waals surface area contributed by atoms with Crippen LogP contribution in [0.15, 0.2) is 22.8 Å². The number of ether oxygens (including phenoxy) is 1. The van der Waals surface area contributed by atoms with E-state index in [-0.39, 0.29) is 11.3 Å². The van der Waals surface area contributed by atoms with Crippen molar-refractivity contribution in [2.24, 2.45) is 7.05 Å². The number of rotatable bonds is 5. The molecule has 0 aliphatic heterocycles. The van der Waals surface area contributed by atoms with E-state index in [1.807, 2.05) is 0 Å². The van der Waals surface area contributed by atoms with E-state index in [4.69, 9.17) is 0 Å². The molecule has 1 heterocycles. The predicted octanol–water partition coefficient (Wildman–Crippen LogP) is 5.26. The third-order valence-corrected chi connectivity index (χ3v) is 7.80. The molecule has 0 radical (unpaired) electrons. The number of benzene rings is 1. The Morgan fingerprint density at radius 1 is 1.38 bits per heavy atom. The fourth-order valence-corrected chi connectivity index (χ4v) is 4.80. The average molecular weight is 451 g/mol. The van der Waals surface area contributed by atoms with Crippen molar-refractivity contribution < 1.29 is 22.5 Å². The molecule has 26 heavy (non-hydrogen) atoms. The molecule has 0 amide bonds. The van der Waals surface area contributed by atoms with E-state index in [0.29, 0.717) is 27.8 Å². The fourth-order valence-electron chi connectivity index (χ4n) is 2.90. The van der Waals surface area contributed by atoms with E-state index >= 15 is 0 Å². The van der Waals surface area contributed by atoms with Crippen molar-refractivity contribution in [3.8, 4) is 17.1 Å². The van der Waals surface area contributed by atoms with Crippen LogP contribution in [0.4, 0.5) is 13.2 Å². The van der Waals surface area contributed by atoms with Crippen molar-refractivity contribution in [3.05, 3.63) is 28.5 Å². The molecular weight excluding hydrogens is 432 g/mol. The lowest BCUT2D eigenvalue weighted by molar-refractivity contribution is -0.274. The van der Waals surface area contributed by atoms with Gasteiger partial charge in [-0.1, -0.05) is 13.0 Å². The highest BCUT2D eigenvalue weighted by molar-refractivity contribution is 9.10. The Labute approximate surface area is 158 Å². The lowest BCUT2D eigenvalue weighted by Gasteiger charge is -2.17. The minimum absolute atomic E-state index is 0.220. The molecule has 0 saturated heterocycles. The van der Waals surface area contributed by atoms with Gasteiger partial charge in [0, 0.05) is 24.4 Å². The minimum Gasteiger partial charge on any atom is -0.405 e. The van der Waals surface area contributed by atoms with E-state index < -0.39 is 13.5 Å². The summed E-state index contributed by atoms with van der Waals surface area (Å²) in [5.41, 5.74) is 1.19. The van der Waals surface area contributed by atoms with Gasteiger partial charge in [0.25, 0.3) is 0 Å². The first-order chi connectivity index (χ1) is 12.0. The highest BCUT2D eigenvalue weighted by atomic mass is 79.9. The summed E-state index contributed by atoms with van der Waals surface area (Å²) in [5.74, 6) is 0.373. The van der Waals surface area contributed by atoms with Gasteiger partial charge in [0.2, 0.25) is 0 Å². The van der Waals surface area contributed by atoms with Gasteiger partial charge in [-0.25, -0.2) is 4.98 Å². The Morgan fingerprint density at radius 2 is 2.04 bits per heavy atom. The maximum absolute atomic E-state index is 12.9. The molecule has 1 aromatic heterocycles. The molecule has 9 heteroatoms. The van der Waals surface area contributed by atoms with E-state index in [0.717, 1.165) is 18.5 Å². The first-order valence-corrected chi connectivity index (χ1v) is 11.4. The molecule has 1 fully saturated rings. The molecule has 0 bridgehead atoms. The Kier molecular flexibility index (Phi) is 5.03. The second-order valence-corrected chi connectivity index (χ2v) is 10.7. The number of alkyl halides is 3. The van der Waals surface area contributed by atoms with E-state index in [9.17, 15) is 17.7 Å². The number of aromatic nitrogens is 2. The molecule has 4 nitrogen and oxygen atoms in total. The molecule has 2 aromatic rings. The predicted molar refractivity (Wildman–Crippen MR) is 98.7 cm³/mol. The number of hydrogen-bond donors (Lipinski definition) is 0. The molecule has 1 atom stereocenters. The van der Waals surface area contributed by atoms with Crippen LogP contribution in [0.2, 0.25) is 0 Å². The Balaban J connectivity index is 2.15. The molecule has 1 aliphatic rings. The van der Waals surface area contributed by atoms with Crippen molar-refractivity contribution in [2.45, 2.75) is 32.0 Å². The molecule has 1 unspecified atom stereocenters. The minimum atomic E-state index is -4.85. The standard InChI is InChI=1S/C17H19BrF3N2O2P/c1-4-26(3,24)11-7-8-12(13(9-11)25-17(19,20)21)16-22-15(18)14(23(16)2)10-5-6-10/h7-10H,4-6H2,1-3H3. The van der Waals surface area contributed by atoms with Crippen LogP contribution >= 0.6 is 23.1 Å². The maximum Gasteiger partial charge on any atom is 0.573 e. The van der Waals surface area contributed by atoms with Crippen LogP contribution in [0.1, 0.15) is 31.4 Å². The number of nitrogens with zero attached hydrogens (tertiary/aromatic N) is 2. The van der Waals surface area contributed by atoms with Crippen molar-refractivity contribution >= 4 is 28.4 Å². The lowest BCUT2D eigenvalue weighted by Crippen LogP contribution is -2.19. The molecule has 1 saturated carbocycles. The van der Waals surface area contributed by atoms with Crippen LogP contribution in [0.5, 0.6) is 5.75 Å². The Bertz CT molecular complexity index is 891. The van der Waals surface area contributed by atoms with Crippen LogP contribution in [0.25, 0.3) is 11.4 Å². The normalized spacial score (nSPS) is 17.2. The van der Waals surface area contributed by atoms with Crippen LogP contribution in [0, 0.1) is 0 Å². The van der Waals surface area contributed by atoms with Crippen molar-refractivity contribution in [1.82, 2.24) is 9.55 Å². The van der Waals surface area contributed by atoms with Crippen molar-refractivity contribution in [1.29, 1.82) is 0 Å². The number of halogens is 4. The van der Waals surface area contributed by atoms with Gasteiger partial charge in [0.15, 0.2) is 0 Å². The zero-order valence-electron chi connectivity index (χ0n) is 14.6. The third-order valence-electron chi connectivity index (χ3n) is 4.64. The summed E-state index contributed by atoms with van der Waals surface area (Å²) in [4.78, 5) is 4.41. The van der Waals surface area contributed by atoms with Crippen LogP contribution in [0.3, 0.4) is 0 Å². The summed E-state index contributed by atoms with van der Waals surface area (Å²) < 4.78 is 58.1. The van der Waals surface area contributed by atoms with Crippen LogP contribution < -0.4 is 10.0 Å². The lowest BCUT2D eigenvalue weighted by atomic mass is 10.2. The molecule has 142 valence electrons. The zero-order valence-corrected chi connectivity index (χ0v) is 17.1. The Morgan fingerprint density at radius 3 is 2.58 bits per heavy atom. The molecule has 3 rings (SSSR count). The topological polar surface area (TPSA) is 44.1 Å². The molecule has 1 aromatic carbocycles. The second-order valence-electron chi connectivity index (χ2n) is 6.59. The van der Waals surface area contributed by atoms with Crippen molar-refractivity contribution in [3.63, 3.8) is 0 Å². The summed E-state index contributed by atoms with van der Waals surface area (Å²) in [5, 5.41) is 0.360. The first-order valence-electron chi connectivity index (χ1n) is 8.23. The van der Waals surface area contributed by atoms with Gasteiger partial charge >= 0.3 is 6.36 Å². The van der Waals surface area contributed by atoms with E-state index in [2.05, 4.69) is 25.7 Å². The number of hydrogen-bond acceptors (Lipinski definition) is 3. The van der Waals surface area contributed by atoms with Crippen molar-refractivity contribution in [2.75, 3.05) is 12.8 Å². The van der Waals surface area contributed by atoms with Crippen LogP contribution in [-0.4, -0.2) is 28.7 Å². The molecule has 0 spiro atoms. The quantitative estimate of drug-likeness (QED) is 0.583. The highest BCUT2D eigenvalue weighted by Crippen LogP contribution is 2.46. The third kappa shape index (κ3) is 3.86. The van der Waals surface area contributed by atoms with Gasteiger partial charge in [0.1, 0.15) is 23.3 Å². The van der Waals surface area contributed by atoms with Gasteiger partial charge in [-0.3, -0.25) is 0 Å². The summed E-state index contributed by atoms with van der Waals surface area (Å²) in [7, 11) is -0.955. The summed E-state index contributed by atoms with van der Waals surface area (Å²) in [6.07, 6.45) is -2.41. The SMILES string of the molecule is CCP(C)(=O)c1ccc(-c2nc(Br)c(C3CC3)n2C)c(OC(F)(F)F)c1. The second kappa shape index (κ2) is 6.71. The first kappa shape index (κ1) is 19.5. The number of imidazole rings is 1. The summed E-state index contributed by atoms with van der Waals surface area (Å²) in [6.45, 7) is 3.30. The van der Waals surface area contributed by atoms with Gasteiger partial charge in [-0.15, -0.1) is 13.2 Å². The molecule has 0 N–H and O–H groups in total. The smallest absolute Gasteiger partial charge is 0.405 e. The maximum atomic E-state index is 12.9. The van der Waals surface area contributed by atoms with Crippen LogP contribution in [-0.2, 0) is 11.6 Å². The average Bonchev–Trinajstić information content (AvgIpc) is 3.31. The van der Waals surface area contributed by atoms with E-state index in [1.54, 1.807) is 31.3 Å². The summed E-state index contributed by atoms with van der Waals surface area (Å²) >= 11 is 3.41. The van der Waals surface area contributed by atoms with E-state index in [1.165, 1.54) is 12.1 Å². The Hall–Kier alpha value is -1.27. The monoisotopic (exact) mass is 450 g/mol. The summed E-state index contributed by atoms with van der Waals surface area (Å²) in [6, 6.07) is 4.34. The zero-order chi connectivity index (χ0) is 19.3. The van der Waals surface area contributed by atoms with Gasteiger partial charge in [-0.05, 0) is 47.6 Å². The molecular formula is C17H19BrF3N2O2P. The largest absolute Gasteiger partial charge is 0.573 e. The highest BCUT2D eigenvalue weighted by Gasteiger charge is 2.35.